The summed E-state index contributed by atoms with van der Waals surface area (Å²) in [4.78, 5) is 0. The van der Waals surface area contributed by atoms with Crippen molar-refractivity contribution >= 4 is 15.9 Å². The second-order valence-corrected chi connectivity index (χ2v) is 5.07. The van der Waals surface area contributed by atoms with E-state index >= 15 is 0 Å². The van der Waals surface area contributed by atoms with E-state index in [1.54, 1.807) is 0 Å². The fourth-order valence-corrected chi connectivity index (χ4v) is 2.32. The Labute approximate surface area is 121 Å². The minimum atomic E-state index is -1.63. The third kappa shape index (κ3) is 3.02. The van der Waals surface area contributed by atoms with Gasteiger partial charge in [0.25, 0.3) is 0 Å². The highest BCUT2D eigenvalue weighted by molar-refractivity contribution is 9.10. The quantitative estimate of drug-likeness (QED) is 0.648. The van der Waals surface area contributed by atoms with Gasteiger partial charge in [0.15, 0.2) is 17.5 Å². The van der Waals surface area contributed by atoms with Crippen LogP contribution in [0.25, 0.3) is 0 Å². The van der Waals surface area contributed by atoms with Crippen LogP contribution >= 0.6 is 15.9 Å². The molecule has 0 amide bonds. The molecule has 0 fully saturated rings. The Balaban J connectivity index is 2.28. The Bertz CT molecular complexity index is 645. The SMILES string of the molecule is OC(Cc1ccc(F)cc1Br)c1ccc(F)c(F)c1F. The molecule has 0 saturated heterocycles. The van der Waals surface area contributed by atoms with Crippen molar-refractivity contribution in [3.8, 4) is 0 Å². The van der Waals surface area contributed by atoms with Gasteiger partial charge in [-0.3, -0.25) is 0 Å². The van der Waals surface area contributed by atoms with Gasteiger partial charge < -0.3 is 5.11 Å². The molecule has 0 heterocycles. The van der Waals surface area contributed by atoms with Crippen LogP contribution in [0.4, 0.5) is 17.6 Å². The van der Waals surface area contributed by atoms with E-state index in [-0.39, 0.29) is 12.0 Å². The molecule has 106 valence electrons. The van der Waals surface area contributed by atoms with E-state index in [1.807, 2.05) is 0 Å². The Hall–Kier alpha value is -1.40. The first-order valence-electron chi connectivity index (χ1n) is 5.65. The average molecular weight is 349 g/mol. The molecular formula is C14H9BrF4O. The second kappa shape index (κ2) is 5.93. The minimum Gasteiger partial charge on any atom is -0.388 e. The second-order valence-electron chi connectivity index (χ2n) is 4.22. The first-order chi connectivity index (χ1) is 9.40. The molecule has 1 unspecified atom stereocenters. The number of aliphatic hydroxyl groups is 1. The number of aliphatic hydroxyl groups excluding tert-OH is 1. The van der Waals surface area contributed by atoms with Crippen molar-refractivity contribution in [3.05, 3.63) is 69.2 Å². The summed E-state index contributed by atoms with van der Waals surface area (Å²) in [7, 11) is 0. The number of rotatable bonds is 3. The fourth-order valence-electron chi connectivity index (χ4n) is 1.80. The molecule has 2 rings (SSSR count). The molecule has 0 radical (unpaired) electrons. The molecule has 2 aromatic carbocycles. The molecular weight excluding hydrogens is 340 g/mol. The van der Waals surface area contributed by atoms with Gasteiger partial charge in [-0.15, -0.1) is 0 Å². The van der Waals surface area contributed by atoms with E-state index in [0.717, 1.165) is 12.1 Å². The van der Waals surface area contributed by atoms with Crippen molar-refractivity contribution in [2.24, 2.45) is 0 Å². The summed E-state index contributed by atoms with van der Waals surface area (Å²) in [5.41, 5.74) is 0.170. The zero-order chi connectivity index (χ0) is 14.9. The van der Waals surface area contributed by atoms with Gasteiger partial charge in [0.05, 0.1) is 6.10 Å². The zero-order valence-electron chi connectivity index (χ0n) is 10.0. The maximum Gasteiger partial charge on any atom is 0.194 e. The normalized spacial score (nSPS) is 12.5. The van der Waals surface area contributed by atoms with Gasteiger partial charge >= 0.3 is 0 Å². The minimum absolute atomic E-state index is 0.0666. The predicted molar refractivity (Wildman–Crippen MR) is 69.1 cm³/mol. The molecule has 1 nitrogen and oxygen atoms in total. The van der Waals surface area contributed by atoms with Gasteiger partial charge in [-0.25, -0.2) is 17.6 Å². The smallest absolute Gasteiger partial charge is 0.194 e. The average Bonchev–Trinajstić information content (AvgIpc) is 2.39. The maximum absolute atomic E-state index is 13.5. The molecule has 0 aliphatic carbocycles. The topological polar surface area (TPSA) is 20.2 Å². The predicted octanol–water partition coefficient (Wildman–Crippen LogP) is 4.28. The van der Waals surface area contributed by atoms with Crippen LogP contribution in [0.15, 0.2) is 34.8 Å². The number of halogens is 5. The number of hydrogen-bond donors (Lipinski definition) is 1. The summed E-state index contributed by atoms with van der Waals surface area (Å²) in [6.45, 7) is 0. The molecule has 0 saturated carbocycles. The van der Waals surface area contributed by atoms with Crippen LogP contribution in [0.3, 0.4) is 0 Å². The Morgan fingerprint density at radius 3 is 2.35 bits per heavy atom. The van der Waals surface area contributed by atoms with E-state index in [9.17, 15) is 22.7 Å². The largest absolute Gasteiger partial charge is 0.388 e. The highest BCUT2D eigenvalue weighted by Gasteiger charge is 2.20. The lowest BCUT2D eigenvalue weighted by Gasteiger charge is -2.13. The van der Waals surface area contributed by atoms with Gasteiger partial charge in [-0.1, -0.05) is 28.1 Å². The summed E-state index contributed by atoms with van der Waals surface area (Å²) in [5.74, 6) is -4.83. The molecule has 1 atom stereocenters. The highest BCUT2D eigenvalue weighted by Crippen LogP contribution is 2.27. The number of hydrogen-bond acceptors (Lipinski definition) is 1. The van der Waals surface area contributed by atoms with Crippen molar-refractivity contribution < 1.29 is 22.7 Å². The molecule has 0 aromatic heterocycles. The van der Waals surface area contributed by atoms with Crippen LogP contribution in [0.1, 0.15) is 17.2 Å². The lowest BCUT2D eigenvalue weighted by molar-refractivity contribution is 0.171. The summed E-state index contributed by atoms with van der Waals surface area (Å²) in [6, 6.07) is 5.53. The third-order valence-electron chi connectivity index (χ3n) is 2.85. The molecule has 0 aliphatic heterocycles. The van der Waals surface area contributed by atoms with Crippen LogP contribution in [-0.2, 0) is 6.42 Å². The summed E-state index contributed by atoms with van der Waals surface area (Å²) < 4.78 is 52.8. The van der Waals surface area contributed by atoms with Crippen LogP contribution in [0, 0.1) is 23.3 Å². The Morgan fingerprint density at radius 2 is 1.70 bits per heavy atom. The Morgan fingerprint density at radius 1 is 1.00 bits per heavy atom. The lowest BCUT2D eigenvalue weighted by atomic mass is 10.0. The zero-order valence-corrected chi connectivity index (χ0v) is 11.6. The first-order valence-corrected chi connectivity index (χ1v) is 6.45. The molecule has 2 aromatic rings. The summed E-state index contributed by atoms with van der Waals surface area (Å²) in [5, 5.41) is 9.92. The van der Waals surface area contributed by atoms with Gasteiger partial charge in [-0.05, 0) is 23.8 Å². The lowest BCUT2D eigenvalue weighted by Crippen LogP contribution is -2.07. The molecule has 1 N–H and O–H groups in total. The Kier molecular flexibility index (Phi) is 4.45. The first kappa shape index (κ1) is 15.0. The van der Waals surface area contributed by atoms with Crippen molar-refractivity contribution in [2.75, 3.05) is 0 Å². The molecule has 20 heavy (non-hydrogen) atoms. The summed E-state index contributed by atoms with van der Waals surface area (Å²) in [6.07, 6.45) is -1.44. The van der Waals surface area contributed by atoms with Crippen molar-refractivity contribution in [3.63, 3.8) is 0 Å². The molecule has 6 heteroatoms. The standard InChI is InChI=1S/C14H9BrF4O/c15-10-6-8(16)2-1-7(10)5-12(20)9-3-4-11(17)14(19)13(9)18/h1-4,6,12,20H,5H2. The third-order valence-corrected chi connectivity index (χ3v) is 3.59. The van der Waals surface area contributed by atoms with Gasteiger partial charge in [0.1, 0.15) is 5.82 Å². The van der Waals surface area contributed by atoms with Crippen molar-refractivity contribution in [2.45, 2.75) is 12.5 Å². The van der Waals surface area contributed by atoms with E-state index < -0.39 is 29.4 Å². The monoisotopic (exact) mass is 348 g/mol. The van der Waals surface area contributed by atoms with Gasteiger partial charge in [-0.2, -0.15) is 0 Å². The van der Waals surface area contributed by atoms with E-state index in [2.05, 4.69) is 15.9 Å². The van der Waals surface area contributed by atoms with Crippen LogP contribution in [0.2, 0.25) is 0 Å². The van der Waals surface area contributed by atoms with Crippen molar-refractivity contribution in [1.82, 2.24) is 0 Å². The van der Waals surface area contributed by atoms with Gasteiger partial charge in [0, 0.05) is 16.5 Å². The molecule has 0 spiro atoms. The van der Waals surface area contributed by atoms with E-state index in [0.29, 0.717) is 10.0 Å². The van der Waals surface area contributed by atoms with E-state index in [1.165, 1.54) is 18.2 Å². The van der Waals surface area contributed by atoms with Crippen LogP contribution in [0.5, 0.6) is 0 Å². The molecule has 0 bridgehead atoms. The maximum atomic E-state index is 13.5. The highest BCUT2D eigenvalue weighted by atomic mass is 79.9. The summed E-state index contributed by atoms with van der Waals surface area (Å²) >= 11 is 3.11. The number of benzene rings is 2. The molecule has 0 aliphatic rings. The van der Waals surface area contributed by atoms with Crippen LogP contribution < -0.4 is 0 Å². The van der Waals surface area contributed by atoms with Crippen LogP contribution in [-0.4, -0.2) is 5.11 Å². The van der Waals surface area contributed by atoms with Gasteiger partial charge in [0.2, 0.25) is 0 Å². The van der Waals surface area contributed by atoms with E-state index in [4.69, 9.17) is 0 Å². The fraction of sp³-hybridized carbons (Fsp3) is 0.143. The van der Waals surface area contributed by atoms with Crippen molar-refractivity contribution in [1.29, 1.82) is 0 Å².